The number of hydrogen-bond donors (Lipinski definition) is 1. The Labute approximate surface area is 209 Å². The van der Waals surface area contributed by atoms with Gasteiger partial charge in [-0.05, 0) is 38.5 Å². The van der Waals surface area contributed by atoms with Gasteiger partial charge in [-0.1, -0.05) is 66.2 Å². The van der Waals surface area contributed by atoms with Crippen LogP contribution in [-0.2, 0) is 11.3 Å². The third-order valence-electron chi connectivity index (χ3n) is 6.09. The lowest BCUT2D eigenvalue weighted by Crippen LogP contribution is -2.18. The van der Waals surface area contributed by atoms with Gasteiger partial charge in [-0.2, -0.15) is 5.10 Å². The first-order chi connectivity index (χ1) is 17.3. The van der Waals surface area contributed by atoms with E-state index in [0.29, 0.717) is 34.6 Å². The summed E-state index contributed by atoms with van der Waals surface area (Å²) in [6.45, 7) is 5.93. The molecule has 0 atom stereocenters. The van der Waals surface area contributed by atoms with E-state index in [-0.39, 0.29) is 11.3 Å². The van der Waals surface area contributed by atoms with E-state index in [1.165, 1.54) is 7.11 Å². The van der Waals surface area contributed by atoms with E-state index in [1.54, 1.807) is 60.1 Å². The number of ketones is 1. The molecule has 0 saturated heterocycles. The highest BCUT2D eigenvalue weighted by atomic mass is 16.5. The van der Waals surface area contributed by atoms with Crippen molar-refractivity contribution in [1.29, 1.82) is 0 Å². The minimum atomic E-state index is -0.421. The molecule has 182 valence electrons. The molecule has 0 saturated carbocycles. The van der Waals surface area contributed by atoms with Crippen molar-refractivity contribution in [3.05, 3.63) is 118 Å². The summed E-state index contributed by atoms with van der Waals surface area (Å²) in [5, 5.41) is 7.51. The smallest absolute Gasteiger partial charge is 0.338 e. The van der Waals surface area contributed by atoms with Gasteiger partial charge in [0, 0.05) is 11.1 Å². The van der Waals surface area contributed by atoms with Crippen molar-refractivity contribution in [2.45, 2.75) is 27.3 Å². The number of ether oxygens (including phenoxy) is 1. The van der Waals surface area contributed by atoms with Crippen LogP contribution < -0.4 is 5.32 Å². The molecule has 0 unspecified atom stereocenters. The van der Waals surface area contributed by atoms with Crippen LogP contribution in [0.1, 0.15) is 59.2 Å². The maximum absolute atomic E-state index is 13.3. The van der Waals surface area contributed by atoms with Crippen LogP contribution in [0, 0.1) is 20.8 Å². The second-order valence-corrected chi connectivity index (χ2v) is 8.55. The van der Waals surface area contributed by atoms with Crippen LogP contribution in [0.4, 0.5) is 5.69 Å². The van der Waals surface area contributed by atoms with Crippen LogP contribution in [0.15, 0.2) is 72.8 Å². The Morgan fingerprint density at radius 2 is 1.44 bits per heavy atom. The molecule has 0 aliphatic heterocycles. The van der Waals surface area contributed by atoms with Crippen LogP contribution in [0.25, 0.3) is 0 Å². The van der Waals surface area contributed by atoms with Crippen molar-refractivity contribution in [3.63, 3.8) is 0 Å². The number of methoxy groups -OCH3 is 1. The molecule has 3 aromatic carbocycles. The molecular weight excluding hydrogens is 454 g/mol. The normalized spacial score (nSPS) is 10.7. The lowest BCUT2D eigenvalue weighted by Gasteiger charge is -2.11. The summed E-state index contributed by atoms with van der Waals surface area (Å²) in [5.41, 5.74) is 5.30. The molecule has 0 fully saturated rings. The first-order valence-corrected chi connectivity index (χ1v) is 11.5. The predicted octanol–water partition coefficient (Wildman–Crippen LogP) is 5.13. The Hall–Kier alpha value is -4.52. The molecule has 1 heterocycles. The van der Waals surface area contributed by atoms with Crippen molar-refractivity contribution < 1.29 is 19.1 Å². The van der Waals surface area contributed by atoms with E-state index in [9.17, 15) is 14.4 Å². The highest BCUT2D eigenvalue weighted by Gasteiger charge is 2.21. The molecule has 0 aliphatic rings. The number of aryl methyl sites for hydroxylation is 2. The second-order valence-electron chi connectivity index (χ2n) is 8.55. The first kappa shape index (κ1) is 24.6. The number of nitrogens with one attached hydrogen (secondary N) is 1. The van der Waals surface area contributed by atoms with Crippen LogP contribution in [0.3, 0.4) is 0 Å². The Bertz CT molecular complexity index is 1450. The number of carbonyl (C=O) groups excluding carboxylic acids is 3. The summed E-state index contributed by atoms with van der Waals surface area (Å²) in [5.74, 6) is -1.04. The topological polar surface area (TPSA) is 90.3 Å². The highest BCUT2D eigenvalue weighted by Crippen LogP contribution is 2.24. The van der Waals surface area contributed by atoms with Gasteiger partial charge < -0.3 is 10.1 Å². The van der Waals surface area contributed by atoms with Crippen LogP contribution in [0.2, 0.25) is 0 Å². The Balaban J connectivity index is 1.61. The molecule has 4 rings (SSSR count). The molecule has 1 aromatic heterocycles. The summed E-state index contributed by atoms with van der Waals surface area (Å²) >= 11 is 0. The average Bonchev–Trinajstić information content (AvgIpc) is 3.15. The van der Waals surface area contributed by atoms with E-state index in [0.717, 1.165) is 16.8 Å². The molecule has 1 amide bonds. The monoisotopic (exact) mass is 481 g/mol. The number of anilines is 1. The first-order valence-electron chi connectivity index (χ1n) is 11.5. The fourth-order valence-corrected chi connectivity index (χ4v) is 4.08. The predicted molar refractivity (Wildman–Crippen MR) is 138 cm³/mol. The molecule has 0 aliphatic carbocycles. The number of rotatable bonds is 7. The molecule has 0 bridgehead atoms. The van der Waals surface area contributed by atoms with Gasteiger partial charge in [-0.15, -0.1) is 0 Å². The van der Waals surface area contributed by atoms with E-state index in [1.807, 2.05) is 38.1 Å². The molecule has 4 aromatic rings. The van der Waals surface area contributed by atoms with Crippen molar-refractivity contribution in [3.8, 4) is 0 Å². The minimum Gasteiger partial charge on any atom is -0.465 e. The van der Waals surface area contributed by atoms with Gasteiger partial charge in [0.2, 0.25) is 0 Å². The zero-order chi connectivity index (χ0) is 25.8. The maximum atomic E-state index is 13.3. The Kier molecular flexibility index (Phi) is 7.10. The van der Waals surface area contributed by atoms with Gasteiger partial charge in [0.15, 0.2) is 5.78 Å². The number of benzene rings is 3. The van der Waals surface area contributed by atoms with Crippen LogP contribution in [0.5, 0.6) is 0 Å². The number of nitrogens with zero attached hydrogens (tertiary/aromatic N) is 2. The van der Waals surface area contributed by atoms with Crippen molar-refractivity contribution in [2.24, 2.45) is 0 Å². The number of aromatic nitrogens is 2. The fraction of sp³-hybridized carbons (Fsp3) is 0.172. The zero-order valence-corrected chi connectivity index (χ0v) is 20.7. The van der Waals surface area contributed by atoms with Gasteiger partial charge >= 0.3 is 5.97 Å². The van der Waals surface area contributed by atoms with Gasteiger partial charge in [-0.3, -0.25) is 14.3 Å². The molecule has 7 nitrogen and oxygen atoms in total. The van der Waals surface area contributed by atoms with E-state index in [4.69, 9.17) is 4.74 Å². The highest BCUT2D eigenvalue weighted by molar-refractivity contribution is 6.17. The third kappa shape index (κ3) is 4.95. The molecule has 7 heteroatoms. The number of hydrogen-bond acceptors (Lipinski definition) is 5. The molecular formula is C29H27N3O4. The zero-order valence-electron chi connectivity index (χ0n) is 20.7. The summed E-state index contributed by atoms with van der Waals surface area (Å²) in [6.07, 6.45) is 0. The standard InChI is InChI=1S/C29H27N3O4/c1-18-13-15-21(16-14-18)27(33)24-11-7-8-12-25(24)28(34)30-26-19(2)31-32(20(26)3)17-22-9-5-6-10-23(22)29(35)36-4/h5-16H,17H2,1-4H3,(H,30,34). The molecule has 36 heavy (non-hydrogen) atoms. The summed E-state index contributed by atoms with van der Waals surface area (Å²) in [6, 6.07) is 21.2. The third-order valence-corrected chi connectivity index (χ3v) is 6.09. The largest absolute Gasteiger partial charge is 0.465 e. The molecule has 0 spiro atoms. The minimum absolute atomic E-state index is 0.218. The van der Waals surface area contributed by atoms with E-state index in [2.05, 4.69) is 10.4 Å². The van der Waals surface area contributed by atoms with Crippen molar-refractivity contribution >= 4 is 23.3 Å². The van der Waals surface area contributed by atoms with Crippen molar-refractivity contribution in [1.82, 2.24) is 9.78 Å². The number of carbonyl (C=O) groups is 3. The van der Waals surface area contributed by atoms with Crippen LogP contribution >= 0.6 is 0 Å². The summed E-state index contributed by atoms with van der Waals surface area (Å²) < 4.78 is 6.62. The van der Waals surface area contributed by atoms with E-state index >= 15 is 0 Å². The van der Waals surface area contributed by atoms with Gasteiger partial charge in [0.05, 0.1) is 41.9 Å². The van der Waals surface area contributed by atoms with Crippen molar-refractivity contribution in [2.75, 3.05) is 12.4 Å². The molecule has 1 N–H and O–H groups in total. The number of amides is 1. The summed E-state index contributed by atoms with van der Waals surface area (Å²) in [4.78, 5) is 38.6. The lowest BCUT2D eigenvalue weighted by atomic mass is 9.97. The second kappa shape index (κ2) is 10.4. The average molecular weight is 482 g/mol. The van der Waals surface area contributed by atoms with Crippen LogP contribution in [-0.4, -0.2) is 34.6 Å². The lowest BCUT2D eigenvalue weighted by molar-refractivity contribution is 0.0599. The SMILES string of the molecule is COC(=O)c1ccccc1Cn1nc(C)c(NC(=O)c2ccccc2C(=O)c2ccc(C)cc2)c1C. The fourth-order valence-electron chi connectivity index (χ4n) is 4.08. The summed E-state index contributed by atoms with van der Waals surface area (Å²) in [7, 11) is 1.34. The van der Waals surface area contributed by atoms with Gasteiger partial charge in [0.1, 0.15) is 0 Å². The quantitative estimate of drug-likeness (QED) is 0.292. The Morgan fingerprint density at radius 3 is 2.11 bits per heavy atom. The maximum Gasteiger partial charge on any atom is 0.338 e. The number of esters is 1. The Morgan fingerprint density at radius 1 is 0.833 bits per heavy atom. The van der Waals surface area contributed by atoms with E-state index < -0.39 is 11.9 Å². The van der Waals surface area contributed by atoms with Gasteiger partial charge in [0.25, 0.3) is 5.91 Å². The molecule has 0 radical (unpaired) electrons. The van der Waals surface area contributed by atoms with Gasteiger partial charge in [-0.25, -0.2) is 4.79 Å².